The highest BCUT2D eigenvalue weighted by molar-refractivity contribution is 5.77. The lowest BCUT2D eigenvalue weighted by Crippen LogP contribution is -2.43. The lowest BCUT2D eigenvalue weighted by molar-refractivity contribution is -0.120. The van der Waals surface area contributed by atoms with Gasteiger partial charge in [-0.05, 0) is 18.7 Å². The van der Waals surface area contributed by atoms with Crippen molar-refractivity contribution in [2.75, 3.05) is 26.2 Å². The summed E-state index contributed by atoms with van der Waals surface area (Å²) in [4.78, 5) is 11.4. The predicted molar refractivity (Wildman–Crippen MR) is 67.9 cm³/mol. The van der Waals surface area contributed by atoms with Gasteiger partial charge in [-0.3, -0.25) is 4.79 Å². The van der Waals surface area contributed by atoms with Gasteiger partial charge in [0, 0.05) is 0 Å². The van der Waals surface area contributed by atoms with E-state index in [1.165, 1.54) is 0 Å². The molecule has 98 valence electrons. The Balaban J connectivity index is 1.78. The van der Waals surface area contributed by atoms with Crippen LogP contribution in [0.15, 0.2) is 24.3 Å². The summed E-state index contributed by atoms with van der Waals surface area (Å²) < 4.78 is 11.3. The maximum Gasteiger partial charge on any atom is 0.234 e. The van der Waals surface area contributed by atoms with Crippen LogP contribution in [0.5, 0.6) is 11.5 Å². The third kappa shape index (κ3) is 3.37. The average Bonchev–Trinajstić information content (AvgIpc) is 2.42. The van der Waals surface area contributed by atoms with Crippen molar-refractivity contribution in [1.82, 2.24) is 10.6 Å². The summed E-state index contributed by atoms with van der Waals surface area (Å²) in [7, 11) is 0. The molecule has 18 heavy (non-hydrogen) atoms. The second kappa shape index (κ2) is 6.26. The van der Waals surface area contributed by atoms with Crippen LogP contribution in [0.3, 0.4) is 0 Å². The summed E-state index contributed by atoms with van der Waals surface area (Å²) in [5.74, 6) is 1.46. The highest BCUT2D eigenvalue weighted by Gasteiger charge is 2.20. The molecule has 1 unspecified atom stereocenters. The first-order valence-electron chi connectivity index (χ1n) is 6.15. The topological polar surface area (TPSA) is 59.6 Å². The Bertz CT molecular complexity index is 409. The summed E-state index contributed by atoms with van der Waals surface area (Å²) >= 11 is 0. The SMILES string of the molecule is CCNCC(=O)NCC1COc2ccccc2O1. The van der Waals surface area contributed by atoms with Crippen molar-refractivity contribution in [3.63, 3.8) is 0 Å². The Morgan fingerprint density at radius 3 is 2.94 bits per heavy atom. The second-order valence-corrected chi connectivity index (χ2v) is 4.08. The molecule has 0 aliphatic carbocycles. The zero-order valence-corrected chi connectivity index (χ0v) is 10.4. The first kappa shape index (κ1) is 12.7. The molecule has 1 amide bonds. The number of hydrogen-bond donors (Lipinski definition) is 2. The number of carbonyl (C=O) groups is 1. The largest absolute Gasteiger partial charge is 0.486 e. The predicted octanol–water partition coefficient (Wildman–Crippen LogP) is 0.552. The molecule has 0 saturated heterocycles. The lowest BCUT2D eigenvalue weighted by atomic mass is 10.2. The first-order chi connectivity index (χ1) is 8.79. The Kier molecular flexibility index (Phi) is 4.41. The maximum absolute atomic E-state index is 11.4. The van der Waals surface area contributed by atoms with Gasteiger partial charge in [-0.2, -0.15) is 0 Å². The Morgan fingerprint density at radius 1 is 1.39 bits per heavy atom. The summed E-state index contributed by atoms with van der Waals surface area (Å²) in [6.45, 7) is 3.99. The molecular weight excluding hydrogens is 232 g/mol. The van der Waals surface area contributed by atoms with Crippen molar-refractivity contribution in [2.24, 2.45) is 0 Å². The molecule has 0 spiro atoms. The van der Waals surface area contributed by atoms with Crippen LogP contribution in [0.2, 0.25) is 0 Å². The molecule has 1 aliphatic heterocycles. The minimum absolute atomic E-state index is 0.0284. The number of carbonyl (C=O) groups excluding carboxylic acids is 1. The van der Waals surface area contributed by atoms with Gasteiger partial charge in [0.1, 0.15) is 12.7 Å². The molecule has 1 heterocycles. The van der Waals surface area contributed by atoms with Gasteiger partial charge < -0.3 is 20.1 Å². The quantitative estimate of drug-likeness (QED) is 0.801. The lowest BCUT2D eigenvalue weighted by Gasteiger charge is -2.26. The van der Waals surface area contributed by atoms with Crippen LogP contribution in [-0.4, -0.2) is 38.3 Å². The van der Waals surface area contributed by atoms with Crippen molar-refractivity contribution in [1.29, 1.82) is 0 Å². The van der Waals surface area contributed by atoms with Crippen LogP contribution < -0.4 is 20.1 Å². The van der Waals surface area contributed by atoms with E-state index in [-0.39, 0.29) is 12.0 Å². The molecule has 0 fully saturated rings. The third-order valence-electron chi connectivity index (χ3n) is 2.63. The summed E-state index contributed by atoms with van der Waals surface area (Å²) in [5.41, 5.74) is 0. The molecule has 2 N–H and O–H groups in total. The number of likely N-dealkylation sites (N-methyl/N-ethyl adjacent to an activating group) is 1. The third-order valence-corrected chi connectivity index (χ3v) is 2.63. The Hall–Kier alpha value is -1.75. The standard InChI is InChI=1S/C13H18N2O3/c1-2-14-8-13(16)15-7-10-9-17-11-5-3-4-6-12(11)18-10/h3-6,10,14H,2,7-9H2,1H3,(H,15,16). The normalized spacial score (nSPS) is 17.3. The summed E-state index contributed by atoms with van der Waals surface area (Å²) in [6, 6.07) is 7.53. The molecule has 1 aromatic rings. The second-order valence-electron chi connectivity index (χ2n) is 4.08. The molecule has 5 heteroatoms. The number of hydrogen-bond acceptors (Lipinski definition) is 4. The highest BCUT2D eigenvalue weighted by atomic mass is 16.6. The van der Waals surface area contributed by atoms with Crippen LogP contribution in [0.4, 0.5) is 0 Å². The Morgan fingerprint density at radius 2 is 2.17 bits per heavy atom. The zero-order chi connectivity index (χ0) is 12.8. The number of nitrogens with one attached hydrogen (secondary N) is 2. The van der Waals surface area contributed by atoms with Crippen molar-refractivity contribution in [3.8, 4) is 11.5 Å². The number of para-hydroxylation sites is 2. The molecule has 0 bridgehead atoms. The van der Waals surface area contributed by atoms with Crippen LogP contribution >= 0.6 is 0 Å². The number of fused-ring (bicyclic) bond motifs is 1. The molecule has 2 rings (SSSR count). The van der Waals surface area contributed by atoms with Gasteiger partial charge in [0.2, 0.25) is 5.91 Å². The summed E-state index contributed by atoms with van der Waals surface area (Å²) in [6.07, 6.45) is -0.134. The van der Waals surface area contributed by atoms with Gasteiger partial charge in [0.05, 0.1) is 13.1 Å². The fourth-order valence-corrected chi connectivity index (χ4v) is 1.69. The van der Waals surface area contributed by atoms with Gasteiger partial charge in [0.25, 0.3) is 0 Å². The monoisotopic (exact) mass is 250 g/mol. The molecular formula is C13H18N2O3. The van der Waals surface area contributed by atoms with Crippen LogP contribution in [0.1, 0.15) is 6.92 Å². The van der Waals surface area contributed by atoms with Crippen molar-refractivity contribution in [3.05, 3.63) is 24.3 Å². The highest BCUT2D eigenvalue weighted by Crippen LogP contribution is 2.30. The number of rotatable bonds is 5. The van der Waals surface area contributed by atoms with E-state index in [4.69, 9.17) is 9.47 Å². The number of benzene rings is 1. The van der Waals surface area contributed by atoms with Crippen molar-refractivity contribution in [2.45, 2.75) is 13.0 Å². The van der Waals surface area contributed by atoms with Crippen LogP contribution in [-0.2, 0) is 4.79 Å². The minimum atomic E-state index is -0.134. The number of ether oxygens (including phenoxy) is 2. The van der Waals surface area contributed by atoms with Crippen LogP contribution in [0, 0.1) is 0 Å². The maximum atomic E-state index is 11.4. The van der Waals surface area contributed by atoms with E-state index in [0.717, 1.165) is 18.0 Å². The van der Waals surface area contributed by atoms with E-state index in [1.807, 2.05) is 31.2 Å². The molecule has 1 atom stereocenters. The molecule has 1 aromatic carbocycles. The van der Waals surface area contributed by atoms with Gasteiger partial charge in [-0.1, -0.05) is 19.1 Å². The van der Waals surface area contributed by atoms with Crippen molar-refractivity contribution >= 4 is 5.91 Å². The van der Waals surface area contributed by atoms with E-state index < -0.39 is 0 Å². The molecule has 0 aromatic heterocycles. The van der Waals surface area contributed by atoms with E-state index in [9.17, 15) is 4.79 Å². The average molecular weight is 250 g/mol. The fourth-order valence-electron chi connectivity index (χ4n) is 1.69. The molecule has 0 saturated carbocycles. The minimum Gasteiger partial charge on any atom is -0.486 e. The Labute approximate surface area is 106 Å². The molecule has 0 radical (unpaired) electrons. The van der Waals surface area contributed by atoms with Gasteiger partial charge in [-0.25, -0.2) is 0 Å². The van der Waals surface area contributed by atoms with E-state index in [0.29, 0.717) is 19.7 Å². The summed E-state index contributed by atoms with van der Waals surface area (Å²) in [5, 5.41) is 5.78. The first-order valence-corrected chi connectivity index (χ1v) is 6.15. The molecule has 5 nitrogen and oxygen atoms in total. The zero-order valence-electron chi connectivity index (χ0n) is 10.4. The van der Waals surface area contributed by atoms with E-state index in [2.05, 4.69) is 10.6 Å². The smallest absolute Gasteiger partial charge is 0.234 e. The van der Waals surface area contributed by atoms with Gasteiger partial charge in [-0.15, -0.1) is 0 Å². The van der Waals surface area contributed by atoms with Gasteiger partial charge >= 0.3 is 0 Å². The number of amides is 1. The fraction of sp³-hybridized carbons (Fsp3) is 0.462. The van der Waals surface area contributed by atoms with Crippen LogP contribution in [0.25, 0.3) is 0 Å². The molecule has 1 aliphatic rings. The van der Waals surface area contributed by atoms with Gasteiger partial charge in [0.15, 0.2) is 11.5 Å². The van der Waals surface area contributed by atoms with Crippen molar-refractivity contribution < 1.29 is 14.3 Å². The van der Waals surface area contributed by atoms with E-state index >= 15 is 0 Å². The van der Waals surface area contributed by atoms with E-state index in [1.54, 1.807) is 0 Å².